The molecule has 1 saturated carbocycles. The Kier molecular flexibility index (Phi) is 3.97. The van der Waals surface area contributed by atoms with E-state index < -0.39 is 0 Å². The monoisotopic (exact) mass is 219 g/mol. The number of hydrogen-bond acceptors (Lipinski definition) is 2. The Morgan fingerprint density at radius 2 is 2.06 bits per heavy atom. The number of rotatable bonds is 4. The Hall–Kier alpha value is -0.860. The first-order valence-electron chi connectivity index (χ1n) is 6.24. The second kappa shape index (κ2) is 5.46. The van der Waals surface area contributed by atoms with Gasteiger partial charge in [-0.05, 0) is 38.2 Å². The van der Waals surface area contributed by atoms with E-state index in [0.29, 0.717) is 12.1 Å². The standard InChI is InChI=1S/C14H21NO/c1-11(10-12-6-3-2-4-7-12)15-13-8-5-9-14(13)16/h2-4,6-7,11,13-16H,5,8-10H2,1H3. The average Bonchev–Trinajstić information content (AvgIpc) is 2.66. The van der Waals surface area contributed by atoms with Crippen LogP contribution < -0.4 is 5.32 Å². The van der Waals surface area contributed by atoms with Crippen LogP contribution in [0.3, 0.4) is 0 Å². The average molecular weight is 219 g/mol. The number of benzene rings is 1. The molecule has 0 heterocycles. The zero-order chi connectivity index (χ0) is 11.4. The van der Waals surface area contributed by atoms with Crippen LogP contribution in [0, 0.1) is 0 Å². The van der Waals surface area contributed by atoms with Gasteiger partial charge in [-0.1, -0.05) is 30.3 Å². The topological polar surface area (TPSA) is 32.3 Å². The van der Waals surface area contributed by atoms with E-state index in [-0.39, 0.29) is 6.10 Å². The predicted octanol–water partition coefficient (Wildman–Crippen LogP) is 2.12. The van der Waals surface area contributed by atoms with E-state index in [1.54, 1.807) is 0 Å². The van der Waals surface area contributed by atoms with Crippen LogP contribution in [0.25, 0.3) is 0 Å². The minimum Gasteiger partial charge on any atom is -0.392 e. The number of aliphatic hydroxyl groups excluding tert-OH is 1. The molecule has 0 amide bonds. The predicted molar refractivity (Wildman–Crippen MR) is 66.4 cm³/mol. The third-order valence-electron chi connectivity index (χ3n) is 3.36. The molecular weight excluding hydrogens is 198 g/mol. The Bertz CT molecular complexity index is 312. The van der Waals surface area contributed by atoms with E-state index in [1.807, 2.05) is 6.07 Å². The van der Waals surface area contributed by atoms with Crippen molar-refractivity contribution in [2.24, 2.45) is 0 Å². The van der Waals surface area contributed by atoms with Crippen molar-refractivity contribution in [1.82, 2.24) is 5.32 Å². The highest BCUT2D eigenvalue weighted by Gasteiger charge is 2.25. The summed E-state index contributed by atoms with van der Waals surface area (Å²) in [6.07, 6.45) is 4.11. The molecule has 0 radical (unpaired) electrons. The highest BCUT2D eigenvalue weighted by atomic mass is 16.3. The summed E-state index contributed by atoms with van der Waals surface area (Å²) in [6.45, 7) is 2.19. The summed E-state index contributed by atoms with van der Waals surface area (Å²) in [4.78, 5) is 0. The van der Waals surface area contributed by atoms with Crippen molar-refractivity contribution in [3.63, 3.8) is 0 Å². The van der Waals surface area contributed by atoms with Gasteiger partial charge in [-0.3, -0.25) is 0 Å². The maximum atomic E-state index is 9.74. The lowest BCUT2D eigenvalue weighted by Gasteiger charge is -2.22. The van der Waals surface area contributed by atoms with E-state index in [1.165, 1.54) is 5.56 Å². The zero-order valence-electron chi connectivity index (χ0n) is 9.89. The highest BCUT2D eigenvalue weighted by Crippen LogP contribution is 2.19. The molecule has 3 atom stereocenters. The molecule has 2 nitrogen and oxygen atoms in total. The van der Waals surface area contributed by atoms with Crippen molar-refractivity contribution in [2.45, 2.75) is 50.8 Å². The summed E-state index contributed by atoms with van der Waals surface area (Å²) in [5, 5.41) is 13.3. The summed E-state index contributed by atoms with van der Waals surface area (Å²) in [5.41, 5.74) is 1.36. The molecule has 16 heavy (non-hydrogen) atoms. The summed E-state index contributed by atoms with van der Waals surface area (Å²) in [7, 11) is 0. The van der Waals surface area contributed by atoms with Gasteiger partial charge in [0, 0.05) is 12.1 Å². The summed E-state index contributed by atoms with van der Waals surface area (Å²) >= 11 is 0. The lowest BCUT2D eigenvalue weighted by molar-refractivity contribution is 0.144. The summed E-state index contributed by atoms with van der Waals surface area (Å²) < 4.78 is 0. The molecule has 1 aromatic rings. The molecule has 2 rings (SSSR count). The largest absolute Gasteiger partial charge is 0.392 e. The first-order valence-corrected chi connectivity index (χ1v) is 6.24. The molecule has 0 bridgehead atoms. The van der Waals surface area contributed by atoms with Gasteiger partial charge in [-0.2, -0.15) is 0 Å². The van der Waals surface area contributed by atoms with Crippen LogP contribution in [0.5, 0.6) is 0 Å². The Labute approximate surface area is 97.7 Å². The fraction of sp³-hybridized carbons (Fsp3) is 0.571. The zero-order valence-corrected chi connectivity index (χ0v) is 9.89. The van der Waals surface area contributed by atoms with Crippen LogP contribution in [-0.4, -0.2) is 23.3 Å². The van der Waals surface area contributed by atoms with E-state index in [0.717, 1.165) is 25.7 Å². The van der Waals surface area contributed by atoms with Crippen molar-refractivity contribution >= 4 is 0 Å². The van der Waals surface area contributed by atoms with Gasteiger partial charge in [0.05, 0.1) is 6.10 Å². The molecule has 0 aliphatic heterocycles. The van der Waals surface area contributed by atoms with Gasteiger partial charge in [-0.25, -0.2) is 0 Å². The van der Waals surface area contributed by atoms with E-state index in [9.17, 15) is 5.11 Å². The van der Waals surface area contributed by atoms with Gasteiger partial charge < -0.3 is 10.4 Å². The van der Waals surface area contributed by atoms with Crippen LogP contribution in [0.4, 0.5) is 0 Å². The molecule has 3 unspecified atom stereocenters. The minimum atomic E-state index is -0.141. The molecule has 1 aliphatic rings. The molecule has 88 valence electrons. The maximum Gasteiger partial charge on any atom is 0.0693 e. The van der Waals surface area contributed by atoms with Crippen LogP contribution in [0.2, 0.25) is 0 Å². The minimum absolute atomic E-state index is 0.141. The lowest BCUT2D eigenvalue weighted by atomic mass is 10.1. The highest BCUT2D eigenvalue weighted by molar-refractivity contribution is 5.15. The Morgan fingerprint density at radius 3 is 2.69 bits per heavy atom. The summed E-state index contributed by atoms with van der Waals surface area (Å²) in [6, 6.07) is 11.2. The van der Waals surface area contributed by atoms with Gasteiger partial charge in [0.1, 0.15) is 0 Å². The quantitative estimate of drug-likeness (QED) is 0.813. The van der Waals surface area contributed by atoms with Crippen molar-refractivity contribution in [2.75, 3.05) is 0 Å². The molecule has 0 saturated heterocycles. The second-order valence-corrected chi connectivity index (χ2v) is 4.86. The maximum absolute atomic E-state index is 9.74. The Morgan fingerprint density at radius 1 is 1.31 bits per heavy atom. The fourth-order valence-corrected chi connectivity index (χ4v) is 2.53. The van der Waals surface area contributed by atoms with Gasteiger partial charge in [0.2, 0.25) is 0 Å². The van der Waals surface area contributed by atoms with E-state index in [2.05, 4.69) is 36.5 Å². The molecule has 0 aromatic heterocycles. The summed E-state index contributed by atoms with van der Waals surface area (Å²) in [5.74, 6) is 0. The Balaban J connectivity index is 1.82. The van der Waals surface area contributed by atoms with Crippen molar-refractivity contribution < 1.29 is 5.11 Å². The van der Waals surface area contributed by atoms with Gasteiger partial charge in [0.25, 0.3) is 0 Å². The molecule has 1 fully saturated rings. The smallest absolute Gasteiger partial charge is 0.0693 e. The molecule has 2 N–H and O–H groups in total. The molecular formula is C14H21NO. The first kappa shape index (κ1) is 11.6. The lowest BCUT2D eigenvalue weighted by Crippen LogP contribution is -2.42. The molecule has 1 aromatic carbocycles. The third-order valence-corrected chi connectivity index (χ3v) is 3.36. The van der Waals surface area contributed by atoms with Crippen LogP contribution in [-0.2, 0) is 6.42 Å². The number of nitrogens with one attached hydrogen (secondary N) is 1. The van der Waals surface area contributed by atoms with Crippen LogP contribution >= 0.6 is 0 Å². The van der Waals surface area contributed by atoms with Gasteiger partial charge in [0.15, 0.2) is 0 Å². The van der Waals surface area contributed by atoms with Gasteiger partial charge >= 0.3 is 0 Å². The molecule has 2 heteroatoms. The van der Waals surface area contributed by atoms with Gasteiger partial charge in [-0.15, -0.1) is 0 Å². The fourth-order valence-electron chi connectivity index (χ4n) is 2.53. The van der Waals surface area contributed by atoms with E-state index in [4.69, 9.17) is 0 Å². The SMILES string of the molecule is CC(Cc1ccccc1)NC1CCCC1O. The van der Waals surface area contributed by atoms with E-state index >= 15 is 0 Å². The van der Waals surface area contributed by atoms with Crippen molar-refractivity contribution in [3.05, 3.63) is 35.9 Å². The molecule has 1 aliphatic carbocycles. The molecule has 0 spiro atoms. The third kappa shape index (κ3) is 3.06. The second-order valence-electron chi connectivity index (χ2n) is 4.86. The normalized spacial score (nSPS) is 26.9. The van der Waals surface area contributed by atoms with Crippen LogP contribution in [0.15, 0.2) is 30.3 Å². The van der Waals surface area contributed by atoms with Crippen molar-refractivity contribution in [3.8, 4) is 0 Å². The first-order chi connectivity index (χ1) is 7.75. The van der Waals surface area contributed by atoms with Crippen LogP contribution in [0.1, 0.15) is 31.7 Å². The number of hydrogen-bond donors (Lipinski definition) is 2. The number of aliphatic hydroxyl groups is 1. The van der Waals surface area contributed by atoms with Crippen molar-refractivity contribution in [1.29, 1.82) is 0 Å².